The number of hydrogen-bond donors (Lipinski definition) is 0. The van der Waals surface area contributed by atoms with E-state index in [1.165, 1.54) is 110 Å². The standard InChI is InChI=1S/C54H36/c1-4-13-33(14-5-1)38-27-23-36-26-30-45-39(28-24-37-25-29-44(38)48(36)49(37)45)40-31-32-47-52-41(40)21-12-22-46(52)53-50(34-15-6-2-7-16-34)42-19-10-11-20-43(42)51(54(47)53)35-17-8-3-9-18-35/h1,3-6,8-32,51,54H,2,7H2. The molecule has 0 nitrogen and oxygen atoms in total. The third-order valence-corrected chi connectivity index (χ3v) is 12.7. The highest BCUT2D eigenvalue weighted by atomic mass is 14.5. The van der Waals surface area contributed by atoms with Gasteiger partial charge in [-0.25, -0.2) is 0 Å². The minimum atomic E-state index is 0.222. The lowest BCUT2D eigenvalue weighted by atomic mass is 9.66. The van der Waals surface area contributed by atoms with Crippen LogP contribution in [0.5, 0.6) is 0 Å². The van der Waals surface area contributed by atoms with Crippen molar-refractivity contribution in [2.75, 3.05) is 0 Å². The Morgan fingerprint density at radius 3 is 1.78 bits per heavy atom. The predicted molar refractivity (Wildman–Crippen MR) is 229 cm³/mol. The molecule has 0 aromatic heterocycles. The van der Waals surface area contributed by atoms with Crippen molar-refractivity contribution in [1.82, 2.24) is 0 Å². The minimum Gasteiger partial charge on any atom is -0.0836 e. The molecule has 9 aromatic carbocycles. The van der Waals surface area contributed by atoms with Crippen molar-refractivity contribution in [3.8, 4) is 22.3 Å². The van der Waals surface area contributed by atoms with E-state index in [1.54, 1.807) is 0 Å². The van der Waals surface area contributed by atoms with Gasteiger partial charge in [-0.05, 0) is 123 Å². The molecule has 0 heteroatoms. The molecule has 0 radical (unpaired) electrons. The molecule has 252 valence electrons. The Bertz CT molecular complexity index is 3080. The smallest absolute Gasteiger partial charge is 0.0218 e. The highest BCUT2D eigenvalue weighted by Crippen LogP contribution is 2.62. The van der Waals surface area contributed by atoms with Crippen LogP contribution in [0.25, 0.3) is 76.5 Å². The van der Waals surface area contributed by atoms with Gasteiger partial charge in [0.1, 0.15) is 0 Å². The van der Waals surface area contributed by atoms with Gasteiger partial charge >= 0.3 is 0 Å². The Morgan fingerprint density at radius 2 is 1.02 bits per heavy atom. The van der Waals surface area contributed by atoms with Crippen LogP contribution in [0.15, 0.2) is 188 Å². The zero-order chi connectivity index (χ0) is 35.3. The van der Waals surface area contributed by atoms with Crippen molar-refractivity contribution in [1.29, 1.82) is 0 Å². The predicted octanol–water partition coefficient (Wildman–Crippen LogP) is 14.5. The van der Waals surface area contributed by atoms with Gasteiger partial charge in [0.25, 0.3) is 0 Å². The maximum Gasteiger partial charge on any atom is 0.0218 e. The Hall–Kier alpha value is -6.50. The summed E-state index contributed by atoms with van der Waals surface area (Å²) in [5.41, 5.74) is 16.5. The van der Waals surface area contributed by atoms with Crippen molar-refractivity contribution >= 4 is 54.2 Å². The van der Waals surface area contributed by atoms with Crippen LogP contribution < -0.4 is 0 Å². The lowest BCUT2D eigenvalue weighted by Gasteiger charge is -2.36. The number of fused-ring (bicyclic) bond motifs is 4. The number of benzene rings is 9. The van der Waals surface area contributed by atoms with Crippen molar-refractivity contribution in [3.05, 3.63) is 215 Å². The molecule has 0 saturated heterocycles. The fourth-order valence-electron chi connectivity index (χ4n) is 10.5. The molecular weight excluding hydrogens is 649 g/mol. The number of hydrogen-bond acceptors (Lipinski definition) is 0. The summed E-state index contributed by atoms with van der Waals surface area (Å²) in [4.78, 5) is 0. The van der Waals surface area contributed by atoms with E-state index in [2.05, 4.69) is 182 Å². The summed E-state index contributed by atoms with van der Waals surface area (Å²) < 4.78 is 0. The van der Waals surface area contributed by atoms with Gasteiger partial charge in [0, 0.05) is 11.8 Å². The normalized spacial score (nSPS) is 17.4. The van der Waals surface area contributed by atoms with Crippen LogP contribution in [-0.2, 0) is 0 Å². The molecule has 3 aliphatic rings. The Kier molecular flexibility index (Phi) is 6.39. The molecule has 0 fully saturated rings. The van der Waals surface area contributed by atoms with Crippen LogP contribution >= 0.6 is 0 Å². The van der Waals surface area contributed by atoms with Crippen molar-refractivity contribution in [2.45, 2.75) is 24.7 Å². The van der Waals surface area contributed by atoms with E-state index in [1.807, 2.05) is 0 Å². The summed E-state index contributed by atoms with van der Waals surface area (Å²) in [5.74, 6) is 0.448. The van der Waals surface area contributed by atoms with Gasteiger partial charge in [-0.15, -0.1) is 0 Å². The largest absolute Gasteiger partial charge is 0.0836 e. The summed E-state index contributed by atoms with van der Waals surface area (Å²) in [6.07, 6.45) is 9.41. The van der Waals surface area contributed by atoms with Crippen LogP contribution in [0, 0.1) is 0 Å². The molecule has 0 aliphatic heterocycles. The summed E-state index contributed by atoms with van der Waals surface area (Å²) in [6, 6.07) is 62.0. The molecule has 0 spiro atoms. The van der Waals surface area contributed by atoms with Crippen LogP contribution in [-0.4, -0.2) is 0 Å². The Balaban J connectivity index is 1.14. The molecule has 54 heavy (non-hydrogen) atoms. The molecule has 0 amide bonds. The summed E-state index contributed by atoms with van der Waals surface area (Å²) in [5, 5.41) is 10.7. The highest BCUT2D eigenvalue weighted by molar-refractivity contribution is 6.28. The molecule has 12 rings (SSSR count). The van der Waals surface area contributed by atoms with Crippen molar-refractivity contribution in [2.24, 2.45) is 0 Å². The fraction of sp³-hybridized carbons (Fsp3) is 0.0741. The second-order valence-corrected chi connectivity index (χ2v) is 15.3. The average Bonchev–Trinajstić information content (AvgIpc) is 3.57. The summed E-state index contributed by atoms with van der Waals surface area (Å²) in [6.45, 7) is 0. The van der Waals surface area contributed by atoms with Gasteiger partial charge in [0.05, 0.1) is 0 Å². The van der Waals surface area contributed by atoms with Gasteiger partial charge in [0.15, 0.2) is 0 Å². The monoisotopic (exact) mass is 684 g/mol. The van der Waals surface area contributed by atoms with E-state index >= 15 is 0 Å². The van der Waals surface area contributed by atoms with Gasteiger partial charge < -0.3 is 0 Å². The molecule has 9 aromatic rings. The average molecular weight is 685 g/mol. The maximum atomic E-state index is 2.48. The van der Waals surface area contributed by atoms with Gasteiger partial charge in [-0.2, -0.15) is 0 Å². The third-order valence-electron chi connectivity index (χ3n) is 12.7. The molecule has 0 heterocycles. The minimum absolute atomic E-state index is 0.222. The summed E-state index contributed by atoms with van der Waals surface area (Å²) >= 11 is 0. The SMILES string of the molecule is C1=CC(C2=C3c4cccc5c(-c6ccc7ccc8c(-c9ccccc9)ccc9ccc6c7c98)ccc(c45)C3C(c3ccccc3)c3ccccc32)=CCC1. The van der Waals surface area contributed by atoms with Crippen LogP contribution in [0.2, 0.25) is 0 Å². The first kappa shape index (κ1) is 30.0. The van der Waals surface area contributed by atoms with Crippen LogP contribution in [0.3, 0.4) is 0 Å². The lowest BCUT2D eigenvalue weighted by Crippen LogP contribution is -2.19. The van der Waals surface area contributed by atoms with E-state index in [0.717, 1.165) is 12.8 Å². The van der Waals surface area contributed by atoms with Gasteiger partial charge in [-0.3, -0.25) is 0 Å². The van der Waals surface area contributed by atoms with Crippen LogP contribution in [0.1, 0.15) is 52.5 Å². The molecular formula is C54H36. The zero-order valence-electron chi connectivity index (χ0n) is 29.9. The summed E-state index contributed by atoms with van der Waals surface area (Å²) in [7, 11) is 0. The van der Waals surface area contributed by atoms with Gasteiger partial charge in [0.2, 0.25) is 0 Å². The lowest BCUT2D eigenvalue weighted by molar-refractivity contribution is 0.733. The van der Waals surface area contributed by atoms with Crippen LogP contribution in [0.4, 0.5) is 0 Å². The fourth-order valence-corrected chi connectivity index (χ4v) is 10.5. The first-order chi connectivity index (χ1) is 26.8. The first-order valence-electron chi connectivity index (χ1n) is 19.4. The number of rotatable bonds is 4. The molecule has 2 atom stereocenters. The van der Waals surface area contributed by atoms with Gasteiger partial charge in [-0.1, -0.05) is 182 Å². The third kappa shape index (κ3) is 4.14. The second kappa shape index (κ2) is 11.5. The Labute approximate surface area is 315 Å². The Morgan fingerprint density at radius 1 is 0.389 bits per heavy atom. The molecule has 3 aliphatic carbocycles. The first-order valence-corrected chi connectivity index (χ1v) is 19.4. The zero-order valence-corrected chi connectivity index (χ0v) is 29.9. The highest BCUT2D eigenvalue weighted by Gasteiger charge is 2.43. The quantitative estimate of drug-likeness (QED) is 0.162. The molecule has 0 bridgehead atoms. The number of allylic oxidation sites excluding steroid dienone is 6. The molecule has 2 unspecified atom stereocenters. The van der Waals surface area contributed by atoms with Crippen molar-refractivity contribution in [3.63, 3.8) is 0 Å². The van der Waals surface area contributed by atoms with E-state index in [0.29, 0.717) is 0 Å². The molecule has 0 saturated carbocycles. The maximum absolute atomic E-state index is 2.48. The van der Waals surface area contributed by atoms with E-state index in [4.69, 9.17) is 0 Å². The van der Waals surface area contributed by atoms with E-state index in [9.17, 15) is 0 Å². The second-order valence-electron chi connectivity index (χ2n) is 15.3. The van der Waals surface area contributed by atoms with Crippen molar-refractivity contribution < 1.29 is 0 Å². The van der Waals surface area contributed by atoms with E-state index < -0.39 is 0 Å². The van der Waals surface area contributed by atoms with E-state index in [-0.39, 0.29) is 11.8 Å². The molecule has 0 N–H and O–H groups in total. The topological polar surface area (TPSA) is 0 Å².